The number of carbonyl (C=O) groups excluding carboxylic acids is 1. The summed E-state index contributed by atoms with van der Waals surface area (Å²) in [5, 5.41) is 4.18. The van der Waals surface area contributed by atoms with E-state index in [0.29, 0.717) is 23.6 Å². The lowest BCUT2D eigenvalue weighted by molar-refractivity contribution is 0.0955. The maximum Gasteiger partial charge on any atom is 0.271 e. The first-order valence-electron chi connectivity index (χ1n) is 10.9. The van der Waals surface area contributed by atoms with E-state index in [1.807, 2.05) is 62.4 Å². The summed E-state index contributed by atoms with van der Waals surface area (Å²) in [6.07, 6.45) is 1.17. The second kappa shape index (κ2) is 11.0. The van der Waals surface area contributed by atoms with Crippen LogP contribution >= 0.6 is 0 Å². The molecule has 1 N–H and O–H groups in total. The monoisotopic (exact) mass is 479 g/mol. The number of hydrogen-bond acceptors (Lipinski definition) is 5. The number of nitrogens with zero attached hydrogens (tertiary/aromatic N) is 2. The van der Waals surface area contributed by atoms with Gasteiger partial charge in [-0.3, -0.25) is 9.10 Å². The van der Waals surface area contributed by atoms with Gasteiger partial charge in [0.05, 0.1) is 30.8 Å². The third-order valence-electron chi connectivity index (χ3n) is 5.17. The molecule has 178 valence electrons. The van der Waals surface area contributed by atoms with Crippen LogP contribution in [0, 0.1) is 6.92 Å². The minimum Gasteiger partial charge on any atom is -0.494 e. The van der Waals surface area contributed by atoms with Crippen molar-refractivity contribution in [3.05, 3.63) is 95.1 Å². The largest absolute Gasteiger partial charge is 0.494 e. The molecule has 0 aliphatic carbocycles. The van der Waals surface area contributed by atoms with Crippen LogP contribution in [0.2, 0.25) is 0 Å². The minimum atomic E-state index is -3.52. The molecule has 0 fully saturated rings. The average Bonchev–Trinajstić information content (AvgIpc) is 2.82. The molecule has 8 heteroatoms. The molecule has 3 aromatic carbocycles. The summed E-state index contributed by atoms with van der Waals surface area (Å²) >= 11 is 0. The quantitative estimate of drug-likeness (QED) is 0.361. The van der Waals surface area contributed by atoms with Crippen LogP contribution in [0.15, 0.2) is 77.9 Å². The highest BCUT2D eigenvalue weighted by Crippen LogP contribution is 2.21. The van der Waals surface area contributed by atoms with Crippen molar-refractivity contribution >= 4 is 27.3 Å². The number of ether oxygens (including phenoxy) is 1. The molecule has 0 atom stereocenters. The molecular formula is C26H29N3O4S. The molecule has 0 aliphatic heterocycles. The molecule has 0 spiro atoms. The molecule has 0 aromatic heterocycles. The highest BCUT2D eigenvalue weighted by molar-refractivity contribution is 7.92. The molecule has 0 aliphatic rings. The van der Waals surface area contributed by atoms with Gasteiger partial charge in [0.2, 0.25) is 10.0 Å². The summed E-state index contributed by atoms with van der Waals surface area (Å²) in [5.74, 6) is 0.384. The Hall–Kier alpha value is -3.65. The van der Waals surface area contributed by atoms with Gasteiger partial charge in [-0.2, -0.15) is 5.10 Å². The lowest BCUT2D eigenvalue weighted by atomic mass is 10.1. The highest BCUT2D eigenvalue weighted by Gasteiger charge is 2.18. The van der Waals surface area contributed by atoms with Gasteiger partial charge in [-0.05, 0) is 80.4 Å². The van der Waals surface area contributed by atoms with Gasteiger partial charge in [0.25, 0.3) is 5.91 Å². The topological polar surface area (TPSA) is 88.1 Å². The normalized spacial score (nSPS) is 11.7. The van der Waals surface area contributed by atoms with Gasteiger partial charge in [0.15, 0.2) is 0 Å². The zero-order valence-electron chi connectivity index (χ0n) is 19.8. The van der Waals surface area contributed by atoms with E-state index >= 15 is 0 Å². The van der Waals surface area contributed by atoms with E-state index < -0.39 is 10.0 Å². The predicted molar refractivity (Wildman–Crippen MR) is 136 cm³/mol. The Bertz CT molecular complexity index is 1250. The molecule has 0 saturated heterocycles. The summed E-state index contributed by atoms with van der Waals surface area (Å²) in [6.45, 7) is 6.50. The summed E-state index contributed by atoms with van der Waals surface area (Å²) in [6, 6.07) is 21.5. The van der Waals surface area contributed by atoms with Crippen molar-refractivity contribution in [1.82, 2.24) is 5.43 Å². The van der Waals surface area contributed by atoms with E-state index in [4.69, 9.17) is 4.74 Å². The van der Waals surface area contributed by atoms with Crippen molar-refractivity contribution in [2.75, 3.05) is 17.2 Å². The molecule has 0 bridgehead atoms. The fraction of sp³-hybridized carbons (Fsp3) is 0.231. The summed E-state index contributed by atoms with van der Waals surface area (Å²) < 4.78 is 31.6. The van der Waals surface area contributed by atoms with Crippen LogP contribution in [0.5, 0.6) is 5.75 Å². The molecular weight excluding hydrogens is 450 g/mol. The van der Waals surface area contributed by atoms with Crippen LogP contribution < -0.4 is 14.5 Å². The molecule has 0 heterocycles. The molecule has 1 amide bonds. The lowest BCUT2D eigenvalue weighted by Crippen LogP contribution is -2.29. The van der Waals surface area contributed by atoms with Crippen molar-refractivity contribution < 1.29 is 17.9 Å². The van der Waals surface area contributed by atoms with Gasteiger partial charge >= 0.3 is 0 Å². The third kappa shape index (κ3) is 6.68. The summed E-state index contributed by atoms with van der Waals surface area (Å²) in [4.78, 5) is 12.6. The SMILES string of the molecule is CCOc1ccc(/C(C)=N\NC(=O)c2ccc(N(Cc3ccc(C)cc3)S(C)(=O)=O)cc2)cc1. The lowest BCUT2D eigenvalue weighted by Gasteiger charge is -2.22. The van der Waals surface area contributed by atoms with E-state index in [1.165, 1.54) is 10.6 Å². The molecule has 3 aromatic rings. The second-order valence-electron chi connectivity index (χ2n) is 7.90. The maximum atomic E-state index is 12.6. The van der Waals surface area contributed by atoms with Crippen LogP contribution in [0.25, 0.3) is 0 Å². The van der Waals surface area contributed by atoms with E-state index in [9.17, 15) is 13.2 Å². The number of hydrogen-bond donors (Lipinski definition) is 1. The molecule has 3 rings (SSSR count). The van der Waals surface area contributed by atoms with Gasteiger partial charge in [0.1, 0.15) is 5.75 Å². The molecule has 7 nitrogen and oxygen atoms in total. The van der Waals surface area contributed by atoms with E-state index in [-0.39, 0.29) is 12.5 Å². The van der Waals surface area contributed by atoms with Crippen LogP contribution in [0.4, 0.5) is 5.69 Å². The van der Waals surface area contributed by atoms with Crippen molar-refractivity contribution in [2.45, 2.75) is 27.3 Å². The Morgan fingerprint density at radius 3 is 2.09 bits per heavy atom. The zero-order chi connectivity index (χ0) is 24.7. The van der Waals surface area contributed by atoms with E-state index in [1.54, 1.807) is 31.2 Å². The van der Waals surface area contributed by atoms with Gasteiger partial charge in [-0.1, -0.05) is 29.8 Å². The number of anilines is 1. The van der Waals surface area contributed by atoms with Gasteiger partial charge < -0.3 is 4.74 Å². The fourth-order valence-corrected chi connectivity index (χ4v) is 4.15. The van der Waals surface area contributed by atoms with E-state index in [0.717, 1.165) is 22.4 Å². The first kappa shape index (κ1) is 25.0. The molecule has 34 heavy (non-hydrogen) atoms. The Labute approximate surface area is 201 Å². The number of sulfonamides is 1. The number of rotatable bonds is 9. The third-order valence-corrected chi connectivity index (χ3v) is 6.31. The number of carbonyl (C=O) groups is 1. The first-order valence-corrected chi connectivity index (χ1v) is 12.7. The second-order valence-corrected chi connectivity index (χ2v) is 9.80. The van der Waals surface area contributed by atoms with Crippen molar-refractivity contribution in [3.63, 3.8) is 0 Å². The number of benzene rings is 3. The molecule has 0 saturated carbocycles. The first-order chi connectivity index (χ1) is 16.2. The predicted octanol–water partition coefficient (Wildman–Crippen LogP) is 4.51. The van der Waals surface area contributed by atoms with Crippen LogP contribution in [0.3, 0.4) is 0 Å². The highest BCUT2D eigenvalue weighted by atomic mass is 32.2. The smallest absolute Gasteiger partial charge is 0.271 e. The zero-order valence-corrected chi connectivity index (χ0v) is 20.6. The number of amides is 1. The number of hydrazone groups is 1. The van der Waals surface area contributed by atoms with E-state index in [2.05, 4.69) is 10.5 Å². The van der Waals surface area contributed by atoms with Gasteiger partial charge in [-0.15, -0.1) is 0 Å². The Balaban J connectivity index is 1.70. The fourth-order valence-electron chi connectivity index (χ4n) is 3.26. The number of aryl methyl sites for hydroxylation is 1. The number of nitrogens with one attached hydrogen (secondary N) is 1. The Kier molecular flexibility index (Phi) is 8.07. The van der Waals surface area contributed by atoms with Crippen molar-refractivity contribution in [2.24, 2.45) is 5.10 Å². The van der Waals surface area contributed by atoms with Crippen molar-refractivity contribution in [1.29, 1.82) is 0 Å². The van der Waals surface area contributed by atoms with Gasteiger partial charge in [-0.25, -0.2) is 13.8 Å². The summed E-state index contributed by atoms with van der Waals surface area (Å²) in [5.41, 5.74) is 6.88. The Morgan fingerprint density at radius 1 is 0.941 bits per heavy atom. The Morgan fingerprint density at radius 2 is 1.53 bits per heavy atom. The van der Waals surface area contributed by atoms with Crippen LogP contribution in [-0.2, 0) is 16.6 Å². The summed E-state index contributed by atoms with van der Waals surface area (Å²) in [7, 11) is -3.52. The standard InChI is InChI=1S/C26H29N3O4S/c1-5-33-25-16-12-22(13-17-25)20(3)27-28-26(30)23-10-14-24(15-11-23)29(34(4,31)32)18-21-8-6-19(2)7-9-21/h6-17H,5,18H2,1-4H3,(H,28,30)/b27-20-. The molecule has 0 unspecified atom stereocenters. The van der Waals surface area contributed by atoms with Gasteiger partial charge in [0, 0.05) is 5.56 Å². The average molecular weight is 480 g/mol. The minimum absolute atomic E-state index is 0.205. The maximum absolute atomic E-state index is 12.6. The van der Waals surface area contributed by atoms with Crippen LogP contribution in [-0.4, -0.2) is 32.9 Å². The van der Waals surface area contributed by atoms with Crippen molar-refractivity contribution in [3.8, 4) is 5.75 Å². The molecule has 0 radical (unpaired) electrons. The van der Waals surface area contributed by atoms with Crippen LogP contribution in [0.1, 0.15) is 40.9 Å².